The molecule has 0 bridgehead atoms. The Bertz CT molecular complexity index is 433. The van der Waals surface area contributed by atoms with E-state index in [1.807, 2.05) is 32.0 Å². The maximum atomic E-state index is 12.0. The van der Waals surface area contributed by atoms with Gasteiger partial charge in [-0.05, 0) is 39.3 Å². The highest BCUT2D eigenvalue weighted by Gasteiger charge is 2.12. The number of rotatable bonds is 6. The number of carbonyl (C=O) groups is 1. The van der Waals surface area contributed by atoms with E-state index in [0.717, 1.165) is 0 Å². The van der Waals surface area contributed by atoms with Crippen molar-refractivity contribution in [2.45, 2.75) is 39.4 Å². The summed E-state index contributed by atoms with van der Waals surface area (Å²) in [7, 11) is 1.70. The number of amides is 2. The van der Waals surface area contributed by atoms with Crippen LogP contribution >= 0.6 is 0 Å². The highest BCUT2D eigenvalue weighted by molar-refractivity contribution is 5.90. The molecule has 0 fully saturated rings. The van der Waals surface area contributed by atoms with Gasteiger partial charge in [0.25, 0.3) is 0 Å². The number of aliphatic hydroxyl groups excluding tert-OH is 1. The van der Waals surface area contributed by atoms with Gasteiger partial charge in [-0.15, -0.1) is 0 Å². The van der Waals surface area contributed by atoms with E-state index in [1.165, 1.54) is 0 Å². The fraction of sp³-hybridized carbons (Fsp3) is 0.533. The normalized spacial score (nSPS) is 12.1. The third kappa shape index (κ3) is 5.48. The largest absolute Gasteiger partial charge is 0.489 e. The lowest BCUT2D eigenvalue weighted by atomic mass is 10.2. The van der Waals surface area contributed by atoms with E-state index in [0.29, 0.717) is 24.4 Å². The number of anilines is 1. The van der Waals surface area contributed by atoms with Crippen molar-refractivity contribution in [1.82, 2.24) is 4.90 Å². The van der Waals surface area contributed by atoms with Gasteiger partial charge in [-0.25, -0.2) is 4.79 Å². The molecular weight excluding hydrogens is 256 g/mol. The van der Waals surface area contributed by atoms with Crippen molar-refractivity contribution < 1.29 is 14.6 Å². The zero-order chi connectivity index (χ0) is 15.1. The highest BCUT2D eigenvalue weighted by atomic mass is 16.5. The second-order valence-electron chi connectivity index (χ2n) is 5.15. The molecule has 1 aromatic rings. The van der Waals surface area contributed by atoms with Crippen LogP contribution in [-0.4, -0.2) is 41.8 Å². The Hall–Kier alpha value is -1.75. The molecule has 112 valence electrons. The minimum atomic E-state index is -0.415. The number of aliphatic hydroxyl groups is 1. The summed E-state index contributed by atoms with van der Waals surface area (Å²) in [5.41, 5.74) is 0.648. The lowest BCUT2D eigenvalue weighted by molar-refractivity contribution is 0.167. The Labute approximate surface area is 120 Å². The molecule has 1 rings (SSSR count). The number of benzene rings is 1. The average Bonchev–Trinajstić information content (AvgIpc) is 2.37. The van der Waals surface area contributed by atoms with Crippen LogP contribution in [0.4, 0.5) is 10.5 Å². The van der Waals surface area contributed by atoms with Crippen LogP contribution in [0, 0.1) is 0 Å². The molecule has 1 aromatic carbocycles. The Balaban J connectivity index is 2.65. The fourth-order valence-electron chi connectivity index (χ4n) is 1.62. The summed E-state index contributed by atoms with van der Waals surface area (Å²) in [6, 6.07) is 7.12. The number of nitrogens with one attached hydrogen (secondary N) is 1. The van der Waals surface area contributed by atoms with Crippen molar-refractivity contribution in [3.8, 4) is 5.75 Å². The first-order valence-corrected chi connectivity index (χ1v) is 6.86. The summed E-state index contributed by atoms with van der Waals surface area (Å²) in [6.07, 6.45) is 0.177. The summed E-state index contributed by atoms with van der Waals surface area (Å²) in [4.78, 5) is 13.6. The van der Waals surface area contributed by atoms with Gasteiger partial charge in [0, 0.05) is 13.6 Å². The smallest absolute Gasteiger partial charge is 0.321 e. The maximum absolute atomic E-state index is 12.0. The average molecular weight is 280 g/mol. The minimum Gasteiger partial charge on any atom is -0.489 e. The molecule has 2 amide bonds. The third-order valence-corrected chi connectivity index (χ3v) is 2.72. The van der Waals surface area contributed by atoms with Crippen molar-refractivity contribution >= 4 is 11.7 Å². The predicted molar refractivity (Wildman–Crippen MR) is 80.2 cm³/mol. The van der Waals surface area contributed by atoms with Crippen molar-refractivity contribution in [3.05, 3.63) is 24.3 Å². The molecule has 5 nitrogen and oxygen atoms in total. The molecule has 0 aliphatic heterocycles. The van der Waals surface area contributed by atoms with Crippen LogP contribution in [-0.2, 0) is 0 Å². The second kappa shape index (κ2) is 7.75. The van der Waals surface area contributed by atoms with Gasteiger partial charge < -0.3 is 20.1 Å². The van der Waals surface area contributed by atoms with Gasteiger partial charge in [-0.2, -0.15) is 0 Å². The highest BCUT2D eigenvalue weighted by Crippen LogP contribution is 2.25. The summed E-state index contributed by atoms with van der Waals surface area (Å²) in [5.74, 6) is 0.653. The molecule has 2 N–H and O–H groups in total. The molecule has 0 heterocycles. The number of hydrogen-bond donors (Lipinski definition) is 2. The van der Waals surface area contributed by atoms with Crippen molar-refractivity contribution in [2.24, 2.45) is 0 Å². The van der Waals surface area contributed by atoms with E-state index in [4.69, 9.17) is 4.74 Å². The van der Waals surface area contributed by atoms with Gasteiger partial charge in [0.05, 0.1) is 17.9 Å². The SMILES string of the molecule is CC(O)CCN(C)C(=O)Nc1ccccc1OC(C)C. The lowest BCUT2D eigenvalue weighted by Crippen LogP contribution is -2.33. The van der Waals surface area contributed by atoms with Crippen LogP contribution in [0.1, 0.15) is 27.2 Å². The molecular formula is C15H24N2O3. The van der Waals surface area contributed by atoms with E-state index in [1.54, 1.807) is 24.9 Å². The van der Waals surface area contributed by atoms with Crippen LogP contribution in [0.15, 0.2) is 24.3 Å². The molecule has 0 aliphatic carbocycles. The minimum absolute atomic E-state index is 0.0426. The van der Waals surface area contributed by atoms with E-state index in [9.17, 15) is 9.90 Å². The van der Waals surface area contributed by atoms with Crippen LogP contribution in [0.5, 0.6) is 5.75 Å². The quantitative estimate of drug-likeness (QED) is 0.842. The number of carbonyl (C=O) groups excluding carboxylic acids is 1. The first-order valence-electron chi connectivity index (χ1n) is 6.86. The van der Waals surface area contributed by atoms with Crippen LogP contribution in [0.2, 0.25) is 0 Å². The summed E-state index contributed by atoms with van der Waals surface area (Å²) in [6.45, 7) is 6.08. The molecule has 0 spiro atoms. The van der Waals surface area contributed by atoms with Gasteiger partial charge in [-0.1, -0.05) is 12.1 Å². The van der Waals surface area contributed by atoms with Gasteiger partial charge in [0.15, 0.2) is 0 Å². The van der Waals surface area contributed by atoms with Crippen LogP contribution < -0.4 is 10.1 Å². The van der Waals surface area contributed by atoms with Crippen LogP contribution in [0.25, 0.3) is 0 Å². The Morgan fingerprint density at radius 1 is 1.35 bits per heavy atom. The monoisotopic (exact) mass is 280 g/mol. The topological polar surface area (TPSA) is 61.8 Å². The third-order valence-electron chi connectivity index (χ3n) is 2.72. The second-order valence-corrected chi connectivity index (χ2v) is 5.15. The van der Waals surface area contributed by atoms with Gasteiger partial charge in [-0.3, -0.25) is 0 Å². The van der Waals surface area contributed by atoms with Crippen molar-refractivity contribution in [2.75, 3.05) is 18.9 Å². The summed E-state index contributed by atoms with van der Waals surface area (Å²) in [5, 5.41) is 12.1. The zero-order valence-electron chi connectivity index (χ0n) is 12.6. The van der Waals surface area contributed by atoms with Crippen LogP contribution in [0.3, 0.4) is 0 Å². The first kappa shape index (κ1) is 16.3. The van der Waals surface area contributed by atoms with Crippen molar-refractivity contribution in [1.29, 1.82) is 0 Å². The molecule has 0 saturated carbocycles. The number of ether oxygens (including phenoxy) is 1. The standard InChI is InChI=1S/C15H24N2O3/c1-11(2)20-14-8-6-5-7-13(14)16-15(19)17(4)10-9-12(3)18/h5-8,11-12,18H,9-10H2,1-4H3,(H,16,19). The van der Waals surface area contributed by atoms with E-state index in [2.05, 4.69) is 5.32 Å². The number of urea groups is 1. The number of nitrogens with zero attached hydrogens (tertiary/aromatic N) is 1. The van der Waals surface area contributed by atoms with E-state index in [-0.39, 0.29) is 12.1 Å². The Morgan fingerprint density at radius 2 is 2.00 bits per heavy atom. The van der Waals surface area contributed by atoms with Gasteiger partial charge in [0.1, 0.15) is 5.75 Å². The summed E-state index contributed by atoms with van der Waals surface area (Å²) >= 11 is 0. The van der Waals surface area contributed by atoms with E-state index >= 15 is 0 Å². The molecule has 0 aromatic heterocycles. The van der Waals surface area contributed by atoms with Gasteiger partial charge in [0.2, 0.25) is 0 Å². The van der Waals surface area contributed by atoms with E-state index < -0.39 is 6.10 Å². The fourth-order valence-corrected chi connectivity index (χ4v) is 1.62. The number of para-hydroxylation sites is 2. The van der Waals surface area contributed by atoms with Crippen molar-refractivity contribution in [3.63, 3.8) is 0 Å². The number of hydrogen-bond acceptors (Lipinski definition) is 3. The first-order chi connectivity index (χ1) is 9.40. The molecule has 1 unspecified atom stereocenters. The Kier molecular flexibility index (Phi) is 6.31. The maximum Gasteiger partial charge on any atom is 0.321 e. The molecule has 5 heteroatoms. The zero-order valence-corrected chi connectivity index (χ0v) is 12.6. The molecule has 0 radical (unpaired) electrons. The summed E-state index contributed by atoms with van der Waals surface area (Å²) < 4.78 is 5.65. The lowest BCUT2D eigenvalue weighted by Gasteiger charge is -2.20. The predicted octanol–water partition coefficient (Wildman–Crippen LogP) is 2.71. The van der Waals surface area contributed by atoms with Gasteiger partial charge >= 0.3 is 6.03 Å². The molecule has 20 heavy (non-hydrogen) atoms. The molecule has 0 aliphatic rings. The molecule has 1 atom stereocenters. The molecule has 0 saturated heterocycles. The Morgan fingerprint density at radius 3 is 2.60 bits per heavy atom.